The molecule has 20 heavy (non-hydrogen) atoms. The van der Waals surface area contributed by atoms with Crippen molar-refractivity contribution in [3.05, 3.63) is 12.4 Å². The van der Waals surface area contributed by atoms with Gasteiger partial charge in [-0.1, -0.05) is 13.8 Å². The van der Waals surface area contributed by atoms with Gasteiger partial charge in [-0.15, -0.1) is 0 Å². The number of rotatable bonds is 5. The molecule has 1 fully saturated rings. The second kappa shape index (κ2) is 5.83. The van der Waals surface area contributed by atoms with Gasteiger partial charge in [0.05, 0.1) is 6.20 Å². The summed E-state index contributed by atoms with van der Waals surface area (Å²) in [5, 5.41) is 4.11. The van der Waals surface area contributed by atoms with E-state index in [-0.39, 0.29) is 10.3 Å². The molecular formula is C13H24N4O2S. The third-order valence-corrected chi connectivity index (χ3v) is 5.50. The quantitative estimate of drug-likeness (QED) is 0.881. The van der Waals surface area contributed by atoms with Gasteiger partial charge in [0, 0.05) is 25.8 Å². The van der Waals surface area contributed by atoms with Crippen LogP contribution in [0.5, 0.6) is 0 Å². The molecule has 2 heterocycles. The molecule has 6 nitrogen and oxygen atoms in total. The van der Waals surface area contributed by atoms with E-state index in [1.54, 1.807) is 15.2 Å². The van der Waals surface area contributed by atoms with Crippen molar-refractivity contribution in [2.24, 2.45) is 11.1 Å². The highest BCUT2D eigenvalue weighted by molar-refractivity contribution is 7.89. The molecule has 0 saturated carbocycles. The summed E-state index contributed by atoms with van der Waals surface area (Å²) in [6.07, 6.45) is 5.81. The van der Waals surface area contributed by atoms with E-state index in [2.05, 4.69) is 18.9 Å². The predicted octanol–water partition coefficient (Wildman–Crippen LogP) is 1.04. The Balaban J connectivity index is 2.15. The van der Waals surface area contributed by atoms with Gasteiger partial charge in [-0.3, -0.25) is 4.68 Å². The highest BCUT2D eigenvalue weighted by atomic mass is 32.2. The topological polar surface area (TPSA) is 81.2 Å². The van der Waals surface area contributed by atoms with Gasteiger partial charge in [0.2, 0.25) is 10.0 Å². The van der Waals surface area contributed by atoms with Crippen LogP contribution in [0, 0.1) is 5.41 Å². The van der Waals surface area contributed by atoms with E-state index in [1.165, 1.54) is 6.20 Å². The molecule has 0 aliphatic carbocycles. The lowest BCUT2D eigenvalue weighted by Crippen LogP contribution is -2.43. The fraction of sp³-hybridized carbons (Fsp3) is 0.769. The predicted molar refractivity (Wildman–Crippen MR) is 77.7 cm³/mol. The lowest BCUT2D eigenvalue weighted by atomic mass is 9.85. The van der Waals surface area contributed by atoms with E-state index in [0.717, 1.165) is 19.3 Å². The Labute approximate surface area is 121 Å². The minimum absolute atomic E-state index is 0.0425. The molecule has 0 aromatic carbocycles. The maximum Gasteiger partial charge on any atom is 0.246 e. The van der Waals surface area contributed by atoms with Crippen molar-refractivity contribution in [2.45, 2.75) is 44.6 Å². The van der Waals surface area contributed by atoms with Crippen LogP contribution in [0.1, 0.15) is 33.1 Å². The van der Waals surface area contributed by atoms with Crippen LogP contribution in [0.3, 0.4) is 0 Å². The van der Waals surface area contributed by atoms with Gasteiger partial charge in [0.1, 0.15) is 4.90 Å². The Morgan fingerprint density at radius 3 is 2.85 bits per heavy atom. The molecule has 2 N–H and O–H groups in total. The van der Waals surface area contributed by atoms with Gasteiger partial charge in [0.15, 0.2) is 0 Å². The SMILES string of the molecule is CC1(C)CCCN(S(=O)(=O)c2cnn(CCCN)c2)C1. The summed E-state index contributed by atoms with van der Waals surface area (Å²) < 4.78 is 28.5. The van der Waals surface area contributed by atoms with Crippen LogP contribution in [0.25, 0.3) is 0 Å². The van der Waals surface area contributed by atoms with Crippen LogP contribution in [-0.2, 0) is 16.6 Å². The molecule has 1 aliphatic heterocycles. The molecule has 0 amide bonds. The lowest BCUT2D eigenvalue weighted by Gasteiger charge is -2.36. The van der Waals surface area contributed by atoms with E-state index < -0.39 is 10.0 Å². The van der Waals surface area contributed by atoms with Crippen LogP contribution < -0.4 is 5.73 Å². The Morgan fingerprint density at radius 2 is 2.20 bits per heavy atom. The van der Waals surface area contributed by atoms with E-state index in [4.69, 9.17) is 5.73 Å². The molecule has 0 bridgehead atoms. The Morgan fingerprint density at radius 1 is 1.45 bits per heavy atom. The first kappa shape index (κ1) is 15.5. The maximum absolute atomic E-state index is 12.6. The summed E-state index contributed by atoms with van der Waals surface area (Å²) in [6.45, 7) is 6.61. The molecule has 1 aromatic heterocycles. The lowest BCUT2D eigenvalue weighted by molar-refractivity contribution is 0.187. The average molecular weight is 300 g/mol. The van der Waals surface area contributed by atoms with Crippen LogP contribution in [-0.4, -0.2) is 42.1 Å². The van der Waals surface area contributed by atoms with Gasteiger partial charge in [-0.2, -0.15) is 9.40 Å². The van der Waals surface area contributed by atoms with Crippen molar-refractivity contribution in [1.82, 2.24) is 14.1 Å². The van der Waals surface area contributed by atoms with Crippen molar-refractivity contribution in [3.63, 3.8) is 0 Å². The number of hydrogen-bond donors (Lipinski definition) is 1. The molecule has 1 saturated heterocycles. The number of nitrogens with two attached hydrogens (primary N) is 1. The second-order valence-electron chi connectivity index (χ2n) is 6.19. The van der Waals surface area contributed by atoms with Crippen molar-refractivity contribution in [1.29, 1.82) is 0 Å². The van der Waals surface area contributed by atoms with Crippen LogP contribution in [0.15, 0.2) is 17.3 Å². The Bertz CT molecular complexity index is 550. The summed E-state index contributed by atoms with van der Waals surface area (Å²) in [5.74, 6) is 0. The normalized spacial score (nSPS) is 20.1. The maximum atomic E-state index is 12.6. The molecule has 2 rings (SSSR count). The molecule has 0 radical (unpaired) electrons. The number of hydrogen-bond acceptors (Lipinski definition) is 4. The molecule has 1 aromatic rings. The highest BCUT2D eigenvalue weighted by Gasteiger charge is 2.34. The zero-order valence-electron chi connectivity index (χ0n) is 12.2. The van der Waals surface area contributed by atoms with Gasteiger partial charge in [0.25, 0.3) is 0 Å². The Hall–Kier alpha value is -0.920. The van der Waals surface area contributed by atoms with Crippen molar-refractivity contribution in [3.8, 4) is 0 Å². The van der Waals surface area contributed by atoms with Crippen molar-refractivity contribution < 1.29 is 8.42 Å². The first-order valence-electron chi connectivity index (χ1n) is 7.08. The second-order valence-corrected chi connectivity index (χ2v) is 8.13. The molecule has 0 spiro atoms. The van der Waals surface area contributed by atoms with Gasteiger partial charge in [-0.25, -0.2) is 8.42 Å². The standard InChI is InChI=1S/C13H24N4O2S/c1-13(2)5-3-8-17(11-13)20(18,19)12-9-15-16(10-12)7-4-6-14/h9-10H,3-8,11,14H2,1-2H3. The Kier molecular flexibility index (Phi) is 4.51. The number of nitrogens with zero attached hydrogens (tertiary/aromatic N) is 3. The molecule has 114 valence electrons. The summed E-state index contributed by atoms with van der Waals surface area (Å²) in [6, 6.07) is 0. The van der Waals surface area contributed by atoms with Crippen molar-refractivity contribution >= 4 is 10.0 Å². The molecule has 1 aliphatic rings. The fourth-order valence-corrected chi connectivity index (χ4v) is 4.20. The molecule has 7 heteroatoms. The minimum atomic E-state index is -3.42. The third kappa shape index (κ3) is 3.39. The smallest absolute Gasteiger partial charge is 0.246 e. The largest absolute Gasteiger partial charge is 0.330 e. The third-order valence-electron chi connectivity index (χ3n) is 3.70. The molecule has 0 atom stereocenters. The first-order valence-corrected chi connectivity index (χ1v) is 8.52. The fourth-order valence-electron chi connectivity index (χ4n) is 2.58. The van der Waals surface area contributed by atoms with Crippen molar-refractivity contribution in [2.75, 3.05) is 19.6 Å². The van der Waals surface area contributed by atoms with Crippen LogP contribution in [0.4, 0.5) is 0 Å². The highest BCUT2D eigenvalue weighted by Crippen LogP contribution is 2.31. The number of aryl methyl sites for hydroxylation is 1. The van der Waals surface area contributed by atoms with E-state index >= 15 is 0 Å². The van der Waals surface area contributed by atoms with Crippen LogP contribution >= 0.6 is 0 Å². The summed E-state index contributed by atoms with van der Waals surface area (Å²) in [5.41, 5.74) is 5.49. The summed E-state index contributed by atoms with van der Waals surface area (Å²) in [4.78, 5) is 0.284. The van der Waals surface area contributed by atoms with E-state index in [0.29, 0.717) is 26.2 Å². The van der Waals surface area contributed by atoms with Gasteiger partial charge >= 0.3 is 0 Å². The minimum Gasteiger partial charge on any atom is -0.330 e. The number of sulfonamides is 1. The summed E-state index contributed by atoms with van der Waals surface area (Å²) in [7, 11) is -3.42. The monoisotopic (exact) mass is 300 g/mol. The zero-order chi connectivity index (χ0) is 14.8. The van der Waals surface area contributed by atoms with Gasteiger partial charge < -0.3 is 5.73 Å². The first-order chi connectivity index (χ1) is 9.35. The molecular weight excluding hydrogens is 276 g/mol. The molecule has 0 unspecified atom stereocenters. The number of aromatic nitrogens is 2. The van der Waals surface area contributed by atoms with E-state index in [9.17, 15) is 8.42 Å². The van der Waals surface area contributed by atoms with Gasteiger partial charge in [-0.05, 0) is 31.2 Å². The number of piperidine rings is 1. The average Bonchev–Trinajstić information content (AvgIpc) is 2.84. The zero-order valence-corrected chi connectivity index (χ0v) is 13.1. The van der Waals surface area contributed by atoms with Crippen LogP contribution in [0.2, 0.25) is 0 Å². The summed E-state index contributed by atoms with van der Waals surface area (Å²) >= 11 is 0. The van der Waals surface area contributed by atoms with E-state index in [1.807, 2.05) is 0 Å².